The molecule has 0 aliphatic carbocycles. The third-order valence-corrected chi connectivity index (χ3v) is 15.2. The standard InChI is InChI=1S/C73H130O6/c1-4-7-10-13-16-19-22-25-27-29-31-32-33-34-35-36-37-38-39-40-42-43-45-48-51-54-57-60-63-66-72(75)78-69-70(68-77-71(74)65-62-59-56-53-50-47-24-21-18-15-12-9-6-3)79-73(76)67-64-61-58-55-52-49-46-44-41-30-28-26-23-20-17-14-11-8-5-2/h9,12,18,21-22,25-26,28-29,31,47,50,70H,4-8,10-11,13-17,19-20,23-24,27,30,32-46,48-49,51-69H2,1-3H3/b12-9-,21-18-,25-22-,28-26-,31-29-,50-47-. The Morgan fingerprint density at radius 2 is 0.494 bits per heavy atom. The van der Waals surface area contributed by atoms with Crippen LogP contribution in [0.1, 0.15) is 355 Å². The summed E-state index contributed by atoms with van der Waals surface area (Å²) in [6.45, 7) is 6.53. The van der Waals surface area contributed by atoms with E-state index in [1.807, 2.05) is 0 Å². The van der Waals surface area contributed by atoms with Crippen molar-refractivity contribution < 1.29 is 28.6 Å². The van der Waals surface area contributed by atoms with E-state index in [-0.39, 0.29) is 31.1 Å². The Bertz CT molecular complexity index is 1450. The Labute approximate surface area is 491 Å². The van der Waals surface area contributed by atoms with Gasteiger partial charge in [0.25, 0.3) is 0 Å². The molecule has 0 aliphatic heterocycles. The molecule has 0 rings (SSSR count). The topological polar surface area (TPSA) is 78.9 Å². The molecule has 0 fully saturated rings. The molecule has 0 aromatic rings. The molecule has 0 N–H and O–H groups in total. The Balaban J connectivity index is 4.22. The third-order valence-electron chi connectivity index (χ3n) is 15.2. The molecule has 6 nitrogen and oxygen atoms in total. The minimum absolute atomic E-state index is 0.0827. The van der Waals surface area contributed by atoms with Gasteiger partial charge >= 0.3 is 17.9 Å². The number of rotatable bonds is 63. The average molecular weight is 1100 g/mol. The van der Waals surface area contributed by atoms with Gasteiger partial charge in [-0.1, -0.05) is 299 Å². The minimum atomic E-state index is -0.789. The second-order valence-corrected chi connectivity index (χ2v) is 23.1. The summed E-state index contributed by atoms with van der Waals surface area (Å²) in [6.07, 6.45) is 87.9. The first-order chi connectivity index (χ1) is 39.0. The second-order valence-electron chi connectivity index (χ2n) is 23.1. The fraction of sp³-hybridized carbons (Fsp3) is 0.795. The van der Waals surface area contributed by atoms with Gasteiger partial charge in [-0.2, -0.15) is 0 Å². The molecule has 0 saturated carbocycles. The molecule has 0 radical (unpaired) electrons. The predicted octanol–water partition coefficient (Wildman–Crippen LogP) is 23.7. The molecule has 458 valence electrons. The van der Waals surface area contributed by atoms with Crippen molar-refractivity contribution in [3.63, 3.8) is 0 Å². The number of hydrogen-bond acceptors (Lipinski definition) is 6. The zero-order chi connectivity index (χ0) is 57.1. The number of allylic oxidation sites excluding steroid dienone is 12. The first-order valence-corrected chi connectivity index (χ1v) is 34.4. The van der Waals surface area contributed by atoms with Gasteiger partial charge in [0.2, 0.25) is 0 Å². The average Bonchev–Trinajstić information content (AvgIpc) is 3.45. The number of unbranched alkanes of at least 4 members (excludes halogenated alkanes) is 40. The lowest BCUT2D eigenvalue weighted by Crippen LogP contribution is -2.30. The summed E-state index contributed by atoms with van der Waals surface area (Å²) < 4.78 is 16.9. The van der Waals surface area contributed by atoms with E-state index in [0.717, 1.165) is 89.9 Å². The minimum Gasteiger partial charge on any atom is -0.462 e. The summed E-state index contributed by atoms with van der Waals surface area (Å²) in [5.41, 5.74) is 0. The molecule has 0 saturated heterocycles. The molecule has 0 amide bonds. The van der Waals surface area contributed by atoms with E-state index in [4.69, 9.17) is 14.2 Å². The normalized spacial score (nSPS) is 12.5. The molecular formula is C73H130O6. The molecule has 1 unspecified atom stereocenters. The summed E-state index contributed by atoms with van der Waals surface area (Å²) in [5.74, 6) is -0.898. The predicted molar refractivity (Wildman–Crippen MR) is 344 cm³/mol. The van der Waals surface area contributed by atoms with Crippen LogP contribution in [0, 0.1) is 0 Å². The van der Waals surface area contributed by atoms with E-state index in [2.05, 4.69) is 93.7 Å². The number of hydrogen-bond donors (Lipinski definition) is 0. The van der Waals surface area contributed by atoms with Crippen molar-refractivity contribution in [3.05, 3.63) is 72.9 Å². The second kappa shape index (κ2) is 67.4. The van der Waals surface area contributed by atoms with Gasteiger partial charge in [-0.15, -0.1) is 0 Å². The van der Waals surface area contributed by atoms with Crippen molar-refractivity contribution in [2.24, 2.45) is 0 Å². The molecule has 0 spiro atoms. The van der Waals surface area contributed by atoms with Crippen molar-refractivity contribution in [2.45, 2.75) is 361 Å². The molecule has 0 aromatic carbocycles. The lowest BCUT2D eigenvalue weighted by atomic mass is 10.0. The molecule has 79 heavy (non-hydrogen) atoms. The summed E-state index contributed by atoms with van der Waals surface area (Å²) in [7, 11) is 0. The fourth-order valence-corrected chi connectivity index (χ4v) is 10.0. The Morgan fingerprint density at radius 3 is 0.797 bits per heavy atom. The van der Waals surface area contributed by atoms with Crippen LogP contribution >= 0.6 is 0 Å². The first kappa shape index (κ1) is 75.8. The molecule has 6 heteroatoms. The SMILES string of the molecule is CC/C=C\C/C=C\C/C=C\CCCCCC(=O)OCC(COC(=O)CCCCCCCCCCCCCCCCCCC/C=C\C/C=C\CCCCCCC)OC(=O)CCCCCCCCCCC/C=C\CCCCCCCC. The lowest BCUT2D eigenvalue weighted by Gasteiger charge is -2.18. The maximum Gasteiger partial charge on any atom is 0.306 e. The van der Waals surface area contributed by atoms with Crippen LogP contribution < -0.4 is 0 Å². The van der Waals surface area contributed by atoms with Crippen LogP contribution in [0.4, 0.5) is 0 Å². The highest BCUT2D eigenvalue weighted by atomic mass is 16.6. The van der Waals surface area contributed by atoms with E-state index in [0.29, 0.717) is 19.3 Å². The lowest BCUT2D eigenvalue weighted by molar-refractivity contribution is -0.167. The molecule has 1 atom stereocenters. The van der Waals surface area contributed by atoms with E-state index < -0.39 is 6.10 Å². The number of ether oxygens (including phenoxy) is 3. The van der Waals surface area contributed by atoms with Gasteiger partial charge in [-0.3, -0.25) is 14.4 Å². The van der Waals surface area contributed by atoms with Gasteiger partial charge in [0.15, 0.2) is 6.10 Å². The van der Waals surface area contributed by atoms with Crippen LogP contribution in [-0.4, -0.2) is 37.2 Å². The fourth-order valence-electron chi connectivity index (χ4n) is 10.0. The number of esters is 3. The van der Waals surface area contributed by atoms with Crippen molar-refractivity contribution in [1.29, 1.82) is 0 Å². The highest BCUT2D eigenvalue weighted by Gasteiger charge is 2.19. The Kier molecular flexibility index (Phi) is 64.7. The molecule has 0 heterocycles. The van der Waals surface area contributed by atoms with Crippen LogP contribution in [0.3, 0.4) is 0 Å². The monoisotopic (exact) mass is 1100 g/mol. The van der Waals surface area contributed by atoms with Gasteiger partial charge < -0.3 is 14.2 Å². The van der Waals surface area contributed by atoms with Crippen molar-refractivity contribution in [2.75, 3.05) is 13.2 Å². The third kappa shape index (κ3) is 65.5. The zero-order valence-electron chi connectivity index (χ0n) is 52.6. The molecule has 0 bridgehead atoms. The van der Waals surface area contributed by atoms with Crippen LogP contribution in [0.25, 0.3) is 0 Å². The molecule has 0 aromatic heterocycles. The van der Waals surface area contributed by atoms with Crippen LogP contribution in [0.2, 0.25) is 0 Å². The summed E-state index contributed by atoms with van der Waals surface area (Å²) in [4.78, 5) is 38.3. The smallest absolute Gasteiger partial charge is 0.306 e. The number of carbonyl (C=O) groups is 3. The van der Waals surface area contributed by atoms with E-state index in [1.54, 1.807) is 0 Å². The highest BCUT2D eigenvalue weighted by molar-refractivity contribution is 5.71. The van der Waals surface area contributed by atoms with Gasteiger partial charge in [-0.25, -0.2) is 0 Å². The quantitative estimate of drug-likeness (QED) is 0.0261. The molecular weight excluding hydrogens is 973 g/mol. The van der Waals surface area contributed by atoms with E-state index >= 15 is 0 Å². The van der Waals surface area contributed by atoms with E-state index in [9.17, 15) is 14.4 Å². The summed E-state index contributed by atoms with van der Waals surface area (Å²) >= 11 is 0. The van der Waals surface area contributed by atoms with Gasteiger partial charge in [0, 0.05) is 19.3 Å². The van der Waals surface area contributed by atoms with Gasteiger partial charge in [0.05, 0.1) is 0 Å². The van der Waals surface area contributed by atoms with E-state index in [1.165, 1.54) is 225 Å². The Morgan fingerprint density at radius 1 is 0.266 bits per heavy atom. The summed E-state index contributed by atoms with van der Waals surface area (Å²) in [5, 5.41) is 0. The zero-order valence-corrected chi connectivity index (χ0v) is 52.6. The van der Waals surface area contributed by atoms with Crippen molar-refractivity contribution >= 4 is 17.9 Å². The summed E-state index contributed by atoms with van der Waals surface area (Å²) in [6, 6.07) is 0. The highest BCUT2D eigenvalue weighted by Crippen LogP contribution is 2.17. The van der Waals surface area contributed by atoms with Crippen LogP contribution in [0.15, 0.2) is 72.9 Å². The number of carbonyl (C=O) groups excluding carboxylic acids is 3. The maximum atomic E-state index is 12.9. The first-order valence-electron chi connectivity index (χ1n) is 34.4. The molecule has 0 aliphatic rings. The maximum absolute atomic E-state index is 12.9. The Hall–Kier alpha value is -3.15. The van der Waals surface area contributed by atoms with Crippen LogP contribution in [0.5, 0.6) is 0 Å². The van der Waals surface area contributed by atoms with Gasteiger partial charge in [-0.05, 0) is 109 Å². The van der Waals surface area contributed by atoms with Crippen molar-refractivity contribution in [3.8, 4) is 0 Å². The van der Waals surface area contributed by atoms with Gasteiger partial charge in [0.1, 0.15) is 13.2 Å². The van der Waals surface area contributed by atoms with Crippen LogP contribution in [-0.2, 0) is 28.6 Å². The largest absolute Gasteiger partial charge is 0.462 e. The van der Waals surface area contributed by atoms with Crippen molar-refractivity contribution in [1.82, 2.24) is 0 Å².